The third-order valence-corrected chi connectivity index (χ3v) is 11.0. The predicted octanol–water partition coefficient (Wildman–Crippen LogP) is -6.66. The van der Waals surface area contributed by atoms with Gasteiger partial charge in [-0.15, -0.1) is 0 Å². The number of aliphatic hydroxyl groups is 26. The summed E-state index contributed by atoms with van der Waals surface area (Å²) in [5.41, 5.74) is 0. The Bertz CT molecular complexity index is 1860. The van der Waals surface area contributed by atoms with Crippen molar-refractivity contribution in [3.05, 3.63) is 57.8 Å². The highest BCUT2D eigenvalue weighted by atomic mass is 16.7. The molecule has 0 amide bonds. The number of ether oxygens (including phenoxy) is 8. The topological polar surface area (TPSA) is 600 Å². The van der Waals surface area contributed by atoms with Crippen molar-refractivity contribution in [1.82, 2.24) is 0 Å². The molecule has 18 atom stereocenters. The highest BCUT2D eigenvalue weighted by Crippen LogP contribution is 2.31. The van der Waals surface area contributed by atoms with Gasteiger partial charge < -0.3 is 171 Å². The normalized spacial score (nSPS) is 40.0. The van der Waals surface area contributed by atoms with E-state index >= 15 is 0 Å². The van der Waals surface area contributed by atoms with Crippen LogP contribution >= 0.6 is 0 Å². The SMILES string of the molecule is OCC[C@H]1O[C@H](O)/C(O)=C(\O)[C@@H](CCO)O[C@@H](O)/C(O)=C(/O)[C@@H](CCO)O[C@@H](O)/C(O)=C(/O)[C@@H](CCO)O[C@H]2OC(CO)[C@@H](O[C@@H](O)/C(O)=C(\O)[C@@H](CCO)O[C@H](O)C(O)[C@@H](O)[C@@H](CCO)OC(O)=C1O)C(O)C2O. The minimum absolute atomic E-state index is 0.749. The van der Waals surface area contributed by atoms with Gasteiger partial charge in [0.2, 0.25) is 30.9 Å². The summed E-state index contributed by atoms with van der Waals surface area (Å²) >= 11 is 0. The molecule has 34 nitrogen and oxygen atoms in total. The smallest absolute Gasteiger partial charge is 0.319 e. The average Bonchev–Trinajstić information content (AvgIpc) is 3.38. The van der Waals surface area contributed by atoms with Crippen molar-refractivity contribution in [3.63, 3.8) is 0 Å². The quantitative estimate of drug-likeness (QED) is 0.0815. The van der Waals surface area contributed by atoms with Crippen LogP contribution in [0.5, 0.6) is 0 Å². The maximum Gasteiger partial charge on any atom is 0.319 e. The van der Waals surface area contributed by atoms with Crippen LogP contribution in [0.25, 0.3) is 0 Å². The Kier molecular flexibility index (Phi) is 28.8. The monoisotopic (exact) mass is 1110 g/mol. The maximum absolute atomic E-state index is 11.0. The molecule has 2 bridgehead atoms. The molecule has 1 fully saturated rings. The third-order valence-electron chi connectivity index (χ3n) is 11.0. The van der Waals surface area contributed by atoms with Gasteiger partial charge in [-0.05, 0) is 0 Å². The molecular weight excluding hydrogens is 1040 g/mol. The molecule has 34 heteroatoms. The zero-order valence-corrected chi connectivity index (χ0v) is 39.5. The molecule has 0 aliphatic carbocycles. The fraction of sp³-hybridized carbons (Fsp3) is 0.756. The molecular formula is C41H70O34. The first-order valence-corrected chi connectivity index (χ1v) is 22.6. The minimum Gasteiger partial charge on any atom is -0.506 e. The van der Waals surface area contributed by atoms with Crippen LogP contribution in [0, 0.1) is 0 Å². The van der Waals surface area contributed by atoms with Gasteiger partial charge in [-0.2, -0.15) is 0 Å². The van der Waals surface area contributed by atoms with Crippen LogP contribution in [0.1, 0.15) is 38.5 Å². The summed E-state index contributed by atoms with van der Waals surface area (Å²) in [6.45, 7) is -6.88. The van der Waals surface area contributed by atoms with Crippen molar-refractivity contribution in [3.8, 4) is 0 Å². The maximum atomic E-state index is 11.0. The van der Waals surface area contributed by atoms with Gasteiger partial charge in [-0.25, -0.2) is 0 Å². The van der Waals surface area contributed by atoms with Gasteiger partial charge in [0.15, 0.2) is 58.7 Å². The number of rotatable bonds is 13. The van der Waals surface area contributed by atoms with Gasteiger partial charge >= 0.3 is 5.95 Å². The zero-order chi connectivity index (χ0) is 57.0. The highest BCUT2D eigenvalue weighted by molar-refractivity contribution is 5.13. The summed E-state index contributed by atoms with van der Waals surface area (Å²) in [7, 11) is 0. The van der Waals surface area contributed by atoms with Gasteiger partial charge in [0.1, 0.15) is 73.2 Å². The second-order valence-corrected chi connectivity index (χ2v) is 16.2. The Balaban J connectivity index is 2.83. The Hall–Kier alpha value is -4.42. The van der Waals surface area contributed by atoms with Crippen molar-refractivity contribution >= 4 is 0 Å². The number of hydrogen-bond donors (Lipinski definition) is 26. The minimum atomic E-state index is -2.83. The van der Waals surface area contributed by atoms with Crippen molar-refractivity contribution in [2.24, 2.45) is 0 Å². The number of aliphatic hydroxyl groups excluding tert-OH is 26. The first kappa shape index (κ1) is 66.7. The van der Waals surface area contributed by atoms with E-state index in [-0.39, 0.29) is 0 Å². The lowest BCUT2D eigenvalue weighted by molar-refractivity contribution is -0.329. The molecule has 1 saturated heterocycles. The van der Waals surface area contributed by atoms with Crippen LogP contribution in [-0.4, -0.2) is 290 Å². The largest absolute Gasteiger partial charge is 0.506 e. The van der Waals surface area contributed by atoms with E-state index in [2.05, 4.69) is 0 Å². The number of fused-ring (bicyclic) bond motifs is 26. The van der Waals surface area contributed by atoms with E-state index in [1.54, 1.807) is 0 Å². The molecule has 3 aliphatic heterocycles. The first-order chi connectivity index (χ1) is 35.3. The third kappa shape index (κ3) is 18.4. The molecule has 3 aliphatic rings. The number of hydrogen-bond acceptors (Lipinski definition) is 34. The summed E-state index contributed by atoms with van der Waals surface area (Å²) in [6, 6.07) is 0. The van der Waals surface area contributed by atoms with Crippen molar-refractivity contribution in [2.75, 3.05) is 46.2 Å². The van der Waals surface area contributed by atoms with Gasteiger partial charge in [0.25, 0.3) is 0 Å². The Morgan fingerprint density at radius 1 is 0.293 bits per heavy atom. The van der Waals surface area contributed by atoms with Crippen LogP contribution in [0.15, 0.2) is 57.8 Å². The summed E-state index contributed by atoms with van der Waals surface area (Å²) < 4.78 is 41.2. The molecule has 4 unspecified atom stereocenters. The summed E-state index contributed by atoms with van der Waals surface area (Å²) in [6.07, 6.45) is -47.7. The zero-order valence-electron chi connectivity index (χ0n) is 39.5. The van der Waals surface area contributed by atoms with Crippen LogP contribution in [0.2, 0.25) is 0 Å². The molecule has 438 valence electrons. The van der Waals surface area contributed by atoms with Gasteiger partial charge in [0.05, 0.1) is 6.61 Å². The van der Waals surface area contributed by atoms with E-state index in [1.807, 2.05) is 0 Å². The van der Waals surface area contributed by atoms with Crippen LogP contribution in [0.3, 0.4) is 0 Å². The fourth-order valence-electron chi connectivity index (χ4n) is 6.87. The van der Waals surface area contributed by atoms with Crippen LogP contribution in [0.4, 0.5) is 0 Å². The summed E-state index contributed by atoms with van der Waals surface area (Å²) in [4.78, 5) is 0. The standard InChI is InChI=1S/C41H70O34/c42-7-1-14-21(49)28(56)36(63)71-17(4-10-45)24(52)32(60)40(67)75-34-20(13-48)74-41(33(61)27(34)55)73-18(5-11-46)25(53)31(59)38(65)70-15(2-8-43)22(50)29(57)37(64)69-16(3-9-44)23(51)30(58)39(66)72-19(6-12-47)26(54)35(62)68-14/h14-21,27-28,33-34,36-67H,1-13H2/b29-22-,30-23+,31-25-,32-24+,35-26?/t14-,15-,16-,17-,18-,19-,20?,21+,27?,28?,33?,34-,36+,37-,38-,39+,40-,41+/m1/s1. The average molecular weight is 1110 g/mol. The Morgan fingerprint density at radius 3 is 0.987 bits per heavy atom. The summed E-state index contributed by atoms with van der Waals surface area (Å²) in [5.74, 6) is -15.6. The molecule has 26 N–H and O–H groups in total. The van der Waals surface area contributed by atoms with E-state index in [4.69, 9.17) is 37.9 Å². The van der Waals surface area contributed by atoms with Crippen molar-refractivity contribution in [1.29, 1.82) is 0 Å². The van der Waals surface area contributed by atoms with Gasteiger partial charge in [-0.1, -0.05) is 0 Å². The molecule has 0 aromatic carbocycles. The Labute approximate surface area is 423 Å². The lowest BCUT2D eigenvalue weighted by Crippen LogP contribution is -2.61. The van der Waals surface area contributed by atoms with Gasteiger partial charge in [-0.3, -0.25) is 0 Å². The first-order valence-electron chi connectivity index (χ1n) is 22.6. The molecule has 0 spiro atoms. The van der Waals surface area contributed by atoms with Crippen molar-refractivity contribution in [2.45, 2.75) is 150 Å². The molecule has 3 rings (SSSR count). The second-order valence-electron chi connectivity index (χ2n) is 16.2. The van der Waals surface area contributed by atoms with Crippen molar-refractivity contribution < 1.29 is 171 Å². The second kappa shape index (κ2) is 32.3. The van der Waals surface area contributed by atoms with Crippen LogP contribution < -0.4 is 0 Å². The lowest BCUT2D eigenvalue weighted by Gasteiger charge is -2.43. The lowest BCUT2D eigenvalue weighted by atomic mass is 9.98. The van der Waals surface area contributed by atoms with E-state index < -0.39 is 254 Å². The Morgan fingerprint density at radius 2 is 0.627 bits per heavy atom. The summed E-state index contributed by atoms with van der Waals surface area (Å²) in [5, 5.41) is 273. The highest BCUT2D eigenvalue weighted by Gasteiger charge is 2.49. The molecule has 75 heavy (non-hydrogen) atoms. The fourth-order valence-corrected chi connectivity index (χ4v) is 6.87. The van der Waals surface area contributed by atoms with Crippen LogP contribution in [-0.2, 0) is 37.9 Å². The predicted molar refractivity (Wildman–Crippen MR) is 236 cm³/mol. The van der Waals surface area contributed by atoms with E-state index in [0.717, 1.165) is 0 Å². The molecule has 0 aromatic heterocycles. The molecule has 0 aromatic rings. The van der Waals surface area contributed by atoms with E-state index in [0.29, 0.717) is 0 Å². The molecule has 3 heterocycles. The molecule has 0 radical (unpaired) electrons. The van der Waals surface area contributed by atoms with E-state index in [1.165, 1.54) is 0 Å². The molecule has 0 saturated carbocycles. The van der Waals surface area contributed by atoms with Gasteiger partial charge in [0, 0.05) is 78.2 Å². The van der Waals surface area contributed by atoms with E-state index in [9.17, 15) is 133 Å².